The van der Waals surface area contributed by atoms with Crippen LogP contribution in [0, 0.1) is 0 Å². The van der Waals surface area contributed by atoms with E-state index >= 15 is 0 Å². The number of hydrogen-bond acceptors (Lipinski definition) is 2. The standard InChI is InChI=1S/C14H9Cl2NO2/c15-11-4-1-10(13(16)7-11)8-17-12-5-2-9(3-6-12)14(18)19/h1-8H,(H,18,19). The highest BCUT2D eigenvalue weighted by Gasteiger charge is 2.01. The summed E-state index contributed by atoms with van der Waals surface area (Å²) in [5.74, 6) is -0.962. The third-order valence-electron chi connectivity index (χ3n) is 2.43. The predicted molar refractivity (Wildman–Crippen MR) is 77.1 cm³/mol. The summed E-state index contributed by atoms with van der Waals surface area (Å²) < 4.78 is 0. The monoisotopic (exact) mass is 293 g/mol. The SMILES string of the molecule is O=C(O)c1ccc(N=Cc2ccc(Cl)cc2Cl)cc1. The van der Waals surface area contributed by atoms with Crippen molar-refractivity contribution in [1.82, 2.24) is 0 Å². The zero-order valence-corrected chi connectivity index (χ0v) is 11.2. The van der Waals surface area contributed by atoms with Crippen LogP contribution >= 0.6 is 23.2 Å². The van der Waals surface area contributed by atoms with E-state index in [-0.39, 0.29) is 5.56 Å². The molecule has 0 saturated carbocycles. The van der Waals surface area contributed by atoms with E-state index in [9.17, 15) is 4.79 Å². The van der Waals surface area contributed by atoms with Gasteiger partial charge in [0.25, 0.3) is 0 Å². The van der Waals surface area contributed by atoms with Gasteiger partial charge in [-0.15, -0.1) is 0 Å². The van der Waals surface area contributed by atoms with Crippen molar-refractivity contribution in [2.45, 2.75) is 0 Å². The summed E-state index contributed by atoms with van der Waals surface area (Å²) >= 11 is 11.8. The zero-order valence-electron chi connectivity index (χ0n) is 9.68. The normalized spacial score (nSPS) is 10.8. The van der Waals surface area contributed by atoms with E-state index < -0.39 is 5.97 Å². The number of rotatable bonds is 3. The van der Waals surface area contributed by atoms with Gasteiger partial charge in [-0.05, 0) is 36.4 Å². The minimum Gasteiger partial charge on any atom is -0.478 e. The van der Waals surface area contributed by atoms with Crippen molar-refractivity contribution in [2.24, 2.45) is 4.99 Å². The van der Waals surface area contributed by atoms with E-state index in [1.165, 1.54) is 12.1 Å². The van der Waals surface area contributed by atoms with E-state index in [2.05, 4.69) is 4.99 Å². The Kier molecular flexibility index (Phi) is 4.20. The quantitative estimate of drug-likeness (QED) is 0.851. The molecule has 0 aliphatic heterocycles. The number of carbonyl (C=O) groups is 1. The second-order valence-electron chi connectivity index (χ2n) is 3.78. The van der Waals surface area contributed by atoms with Crippen LogP contribution in [0.1, 0.15) is 15.9 Å². The first-order chi connectivity index (χ1) is 9.06. The van der Waals surface area contributed by atoms with E-state index in [0.717, 1.165) is 5.56 Å². The fourth-order valence-corrected chi connectivity index (χ4v) is 1.90. The third kappa shape index (κ3) is 3.56. The van der Waals surface area contributed by atoms with Crippen molar-refractivity contribution in [2.75, 3.05) is 0 Å². The molecule has 0 saturated heterocycles. The number of nitrogens with zero attached hydrogens (tertiary/aromatic N) is 1. The van der Waals surface area contributed by atoms with Crippen molar-refractivity contribution in [1.29, 1.82) is 0 Å². The van der Waals surface area contributed by atoms with Gasteiger partial charge in [-0.1, -0.05) is 29.3 Å². The lowest BCUT2D eigenvalue weighted by Crippen LogP contribution is -1.94. The number of aliphatic imine (C=N–C) groups is 1. The summed E-state index contributed by atoms with van der Waals surface area (Å²) in [4.78, 5) is 14.9. The Labute approximate surface area is 120 Å². The molecule has 1 N–H and O–H groups in total. The molecule has 0 spiro atoms. The molecule has 0 aliphatic rings. The molecule has 3 nitrogen and oxygen atoms in total. The van der Waals surface area contributed by atoms with Gasteiger partial charge < -0.3 is 5.11 Å². The van der Waals surface area contributed by atoms with Crippen molar-refractivity contribution in [3.63, 3.8) is 0 Å². The van der Waals surface area contributed by atoms with Crippen LogP contribution in [0.2, 0.25) is 10.0 Å². The second kappa shape index (κ2) is 5.87. The van der Waals surface area contributed by atoms with Gasteiger partial charge in [-0.3, -0.25) is 4.99 Å². The topological polar surface area (TPSA) is 49.7 Å². The number of hydrogen-bond donors (Lipinski definition) is 1. The largest absolute Gasteiger partial charge is 0.478 e. The maximum Gasteiger partial charge on any atom is 0.335 e. The van der Waals surface area contributed by atoms with Gasteiger partial charge in [-0.25, -0.2) is 4.79 Å². The first-order valence-corrected chi connectivity index (χ1v) is 6.14. The molecule has 0 bridgehead atoms. The van der Waals surface area contributed by atoms with Gasteiger partial charge in [0, 0.05) is 16.8 Å². The molecule has 96 valence electrons. The Morgan fingerprint density at radius 2 is 1.79 bits per heavy atom. The van der Waals surface area contributed by atoms with E-state index in [1.54, 1.807) is 36.5 Å². The van der Waals surface area contributed by atoms with Crippen molar-refractivity contribution >= 4 is 41.1 Å². The van der Waals surface area contributed by atoms with Crippen LogP contribution in [0.3, 0.4) is 0 Å². The highest BCUT2D eigenvalue weighted by molar-refractivity contribution is 6.36. The summed E-state index contributed by atoms with van der Waals surface area (Å²) in [5, 5.41) is 9.85. The number of carboxylic acids is 1. The smallest absolute Gasteiger partial charge is 0.335 e. The van der Waals surface area contributed by atoms with Gasteiger partial charge >= 0.3 is 5.97 Å². The molecule has 0 radical (unpaired) electrons. The average molecular weight is 294 g/mol. The lowest BCUT2D eigenvalue weighted by atomic mass is 10.2. The molecule has 0 amide bonds. The average Bonchev–Trinajstić information content (AvgIpc) is 2.38. The lowest BCUT2D eigenvalue weighted by molar-refractivity contribution is 0.0697. The maximum atomic E-state index is 10.7. The third-order valence-corrected chi connectivity index (χ3v) is 2.99. The van der Waals surface area contributed by atoms with Crippen LogP contribution in [-0.2, 0) is 0 Å². The van der Waals surface area contributed by atoms with Gasteiger partial charge in [0.2, 0.25) is 0 Å². The Morgan fingerprint density at radius 1 is 1.11 bits per heavy atom. The summed E-state index contributed by atoms with van der Waals surface area (Å²) in [6.45, 7) is 0. The fourth-order valence-electron chi connectivity index (χ4n) is 1.44. The lowest BCUT2D eigenvalue weighted by Gasteiger charge is -1.99. The summed E-state index contributed by atoms with van der Waals surface area (Å²) in [7, 11) is 0. The van der Waals surface area contributed by atoms with Crippen molar-refractivity contribution in [3.8, 4) is 0 Å². The molecule has 0 aliphatic carbocycles. The fraction of sp³-hybridized carbons (Fsp3) is 0. The molecular formula is C14H9Cl2NO2. The molecule has 2 rings (SSSR count). The van der Waals surface area contributed by atoms with Gasteiger partial charge in [-0.2, -0.15) is 0 Å². The molecule has 0 unspecified atom stereocenters. The van der Waals surface area contributed by atoms with E-state index in [1.807, 2.05) is 0 Å². The zero-order chi connectivity index (χ0) is 13.8. The molecule has 0 heterocycles. The Hall–Kier alpha value is -1.84. The van der Waals surface area contributed by atoms with Crippen LogP contribution < -0.4 is 0 Å². The number of carboxylic acid groups (broad SMARTS) is 1. The summed E-state index contributed by atoms with van der Waals surface area (Å²) in [5.41, 5.74) is 1.62. The van der Waals surface area contributed by atoms with Gasteiger partial charge in [0.15, 0.2) is 0 Å². The van der Waals surface area contributed by atoms with E-state index in [4.69, 9.17) is 28.3 Å². The van der Waals surface area contributed by atoms with Crippen molar-refractivity contribution < 1.29 is 9.90 Å². The molecular weight excluding hydrogens is 285 g/mol. The Morgan fingerprint density at radius 3 is 2.37 bits per heavy atom. The molecule has 19 heavy (non-hydrogen) atoms. The maximum absolute atomic E-state index is 10.7. The first-order valence-electron chi connectivity index (χ1n) is 5.39. The van der Waals surface area contributed by atoms with Crippen LogP contribution in [0.15, 0.2) is 47.5 Å². The minimum atomic E-state index is -0.962. The summed E-state index contributed by atoms with van der Waals surface area (Å²) in [6, 6.07) is 11.4. The molecule has 0 aromatic heterocycles. The van der Waals surface area contributed by atoms with Crippen LogP contribution in [-0.4, -0.2) is 17.3 Å². The van der Waals surface area contributed by atoms with E-state index in [0.29, 0.717) is 15.7 Å². The Bertz CT molecular complexity index is 636. The highest BCUT2D eigenvalue weighted by atomic mass is 35.5. The number of aromatic carboxylic acids is 1. The Balaban J connectivity index is 2.20. The predicted octanol–water partition coefficient (Wildman–Crippen LogP) is 4.44. The van der Waals surface area contributed by atoms with Crippen LogP contribution in [0.25, 0.3) is 0 Å². The molecule has 0 fully saturated rings. The van der Waals surface area contributed by atoms with Crippen LogP contribution in [0.4, 0.5) is 5.69 Å². The first kappa shape index (κ1) is 13.6. The van der Waals surface area contributed by atoms with Gasteiger partial charge in [0.1, 0.15) is 0 Å². The number of benzene rings is 2. The molecule has 2 aromatic carbocycles. The second-order valence-corrected chi connectivity index (χ2v) is 4.62. The van der Waals surface area contributed by atoms with Crippen molar-refractivity contribution in [3.05, 3.63) is 63.6 Å². The highest BCUT2D eigenvalue weighted by Crippen LogP contribution is 2.20. The minimum absolute atomic E-state index is 0.225. The molecule has 2 aromatic rings. The van der Waals surface area contributed by atoms with Crippen LogP contribution in [0.5, 0.6) is 0 Å². The molecule has 0 atom stereocenters. The number of halogens is 2. The molecule has 5 heteroatoms. The summed E-state index contributed by atoms with van der Waals surface area (Å²) in [6.07, 6.45) is 1.61. The van der Waals surface area contributed by atoms with Gasteiger partial charge in [0.05, 0.1) is 16.3 Å².